The normalized spacial score (nSPS) is 11.0. The van der Waals surface area contributed by atoms with Crippen LogP contribution in [0.3, 0.4) is 0 Å². The molecular weight excluding hydrogens is 310 g/mol. The van der Waals surface area contributed by atoms with Crippen molar-refractivity contribution < 1.29 is 28.2 Å². The summed E-state index contributed by atoms with van der Waals surface area (Å²) < 4.78 is 31.5. The maximum Gasteiger partial charge on any atom is 0.335 e. The fourth-order valence-electron chi connectivity index (χ4n) is 1.73. The molecule has 0 aliphatic rings. The fourth-order valence-corrected chi connectivity index (χ4v) is 2.78. The van der Waals surface area contributed by atoms with Crippen molar-refractivity contribution in [1.29, 1.82) is 0 Å². The first kappa shape index (κ1) is 15.6. The summed E-state index contributed by atoms with van der Waals surface area (Å²) in [5, 5.41) is 20.3. The van der Waals surface area contributed by atoms with E-state index in [1.807, 2.05) is 0 Å². The zero-order chi connectivity index (χ0) is 16.3. The lowest BCUT2D eigenvalue weighted by atomic mass is 10.2. The summed E-state index contributed by atoms with van der Waals surface area (Å²) in [5.74, 6) is -1.64. The molecule has 0 amide bonds. The summed E-state index contributed by atoms with van der Waals surface area (Å²) in [6.45, 7) is 0. The Morgan fingerprint density at radius 3 is 2.32 bits per heavy atom. The molecule has 0 aromatic heterocycles. The van der Waals surface area contributed by atoms with E-state index in [0.29, 0.717) is 5.75 Å². The highest BCUT2D eigenvalue weighted by Crippen LogP contribution is 2.23. The van der Waals surface area contributed by atoms with E-state index >= 15 is 0 Å². The molecule has 0 spiro atoms. The van der Waals surface area contributed by atoms with Crippen molar-refractivity contribution in [3.8, 4) is 11.5 Å². The summed E-state index contributed by atoms with van der Waals surface area (Å²) in [4.78, 5) is 10.7. The van der Waals surface area contributed by atoms with Gasteiger partial charge in [0.15, 0.2) is 0 Å². The van der Waals surface area contributed by atoms with Gasteiger partial charge in [-0.15, -0.1) is 0 Å². The lowest BCUT2D eigenvalue weighted by Crippen LogP contribution is -2.13. The molecule has 0 radical (unpaired) electrons. The minimum absolute atomic E-state index is 0.00850. The Hall–Kier alpha value is -2.74. The van der Waals surface area contributed by atoms with E-state index in [0.717, 1.165) is 12.1 Å². The first-order valence-corrected chi connectivity index (χ1v) is 7.53. The van der Waals surface area contributed by atoms with Gasteiger partial charge in [-0.05, 0) is 42.5 Å². The third-order valence-corrected chi connectivity index (χ3v) is 4.23. The molecule has 0 aliphatic carbocycles. The SMILES string of the molecule is COc1ccc(S(=O)(=O)Nc2ccc(C(=O)O)c([O-])c2)cc1. The number of hydrogen-bond donors (Lipinski definition) is 2. The molecule has 0 heterocycles. The van der Waals surface area contributed by atoms with Crippen LogP contribution in [0.4, 0.5) is 5.69 Å². The van der Waals surface area contributed by atoms with E-state index < -0.39 is 27.3 Å². The third kappa shape index (κ3) is 3.29. The van der Waals surface area contributed by atoms with Crippen molar-refractivity contribution in [2.45, 2.75) is 4.90 Å². The number of benzene rings is 2. The first-order chi connectivity index (χ1) is 10.3. The average Bonchev–Trinajstić information content (AvgIpc) is 2.46. The van der Waals surface area contributed by atoms with Crippen molar-refractivity contribution in [3.63, 3.8) is 0 Å². The molecule has 0 atom stereocenters. The second kappa shape index (κ2) is 5.94. The van der Waals surface area contributed by atoms with Crippen LogP contribution in [0.5, 0.6) is 11.5 Å². The number of nitrogens with one attached hydrogen (secondary N) is 1. The van der Waals surface area contributed by atoms with Crippen LogP contribution in [0.15, 0.2) is 47.4 Å². The summed E-state index contributed by atoms with van der Waals surface area (Å²) in [5.41, 5.74) is -0.432. The monoisotopic (exact) mass is 322 g/mol. The molecule has 2 aromatic carbocycles. The molecule has 2 N–H and O–H groups in total. The largest absolute Gasteiger partial charge is 0.872 e. The van der Waals surface area contributed by atoms with Gasteiger partial charge in [-0.2, -0.15) is 0 Å². The van der Waals surface area contributed by atoms with E-state index in [1.165, 1.54) is 37.4 Å². The van der Waals surface area contributed by atoms with E-state index in [2.05, 4.69) is 4.72 Å². The molecule has 2 aromatic rings. The number of hydrogen-bond acceptors (Lipinski definition) is 5. The number of aromatic carboxylic acids is 1. The van der Waals surface area contributed by atoms with Gasteiger partial charge in [0.2, 0.25) is 0 Å². The van der Waals surface area contributed by atoms with Crippen LogP contribution in [-0.4, -0.2) is 26.6 Å². The Balaban J connectivity index is 2.28. The number of carboxylic acids is 1. The van der Waals surface area contributed by atoms with Crippen LogP contribution in [0, 0.1) is 0 Å². The van der Waals surface area contributed by atoms with Crippen LogP contribution in [0.1, 0.15) is 10.4 Å². The topological polar surface area (TPSA) is 116 Å². The molecule has 0 saturated carbocycles. The van der Waals surface area contributed by atoms with Gasteiger partial charge in [-0.25, -0.2) is 13.2 Å². The predicted octanol–water partition coefficient (Wildman–Crippen LogP) is 1.27. The van der Waals surface area contributed by atoms with Gasteiger partial charge in [0, 0.05) is 5.69 Å². The lowest BCUT2D eigenvalue weighted by molar-refractivity contribution is -0.268. The zero-order valence-electron chi connectivity index (χ0n) is 11.4. The quantitative estimate of drug-likeness (QED) is 0.856. The number of carbonyl (C=O) groups is 1. The van der Waals surface area contributed by atoms with Gasteiger partial charge in [0.25, 0.3) is 10.0 Å². The Morgan fingerprint density at radius 2 is 1.82 bits per heavy atom. The number of ether oxygens (including phenoxy) is 1. The van der Waals surface area contributed by atoms with Gasteiger partial charge < -0.3 is 14.9 Å². The maximum atomic E-state index is 12.2. The van der Waals surface area contributed by atoms with Crippen molar-refractivity contribution >= 4 is 21.7 Å². The first-order valence-electron chi connectivity index (χ1n) is 6.05. The average molecular weight is 322 g/mol. The lowest BCUT2D eigenvalue weighted by Gasteiger charge is -2.14. The van der Waals surface area contributed by atoms with Crippen LogP contribution < -0.4 is 14.6 Å². The van der Waals surface area contributed by atoms with Gasteiger partial charge in [-0.3, -0.25) is 4.72 Å². The van der Waals surface area contributed by atoms with Crippen molar-refractivity contribution in [2.24, 2.45) is 0 Å². The number of anilines is 1. The van der Waals surface area contributed by atoms with Gasteiger partial charge in [0.1, 0.15) is 5.75 Å². The predicted molar refractivity (Wildman–Crippen MR) is 76.6 cm³/mol. The molecule has 0 saturated heterocycles. The maximum absolute atomic E-state index is 12.2. The Labute approximate surface area is 126 Å². The van der Waals surface area contributed by atoms with E-state index in [1.54, 1.807) is 0 Å². The smallest absolute Gasteiger partial charge is 0.335 e. The van der Waals surface area contributed by atoms with Crippen molar-refractivity contribution in [1.82, 2.24) is 0 Å². The van der Waals surface area contributed by atoms with Gasteiger partial charge in [0.05, 0.1) is 17.6 Å². The number of methoxy groups -OCH3 is 1. The standard InChI is InChI=1S/C14H13NO6S/c1-21-10-3-5-11(6-4-10)22(19,20)15-9-2-7-12(14(17)18)13(16)8-9/h2-8,15-16H,1H3,(H,17,18)/p-1. The minimum atomic E-state index is -3.88. The highest BCUT2D eigenvalue weighted by atomic mass is 32.2. The zero-order valence-corrected chi connectivity index (χ0v) is 12.3. The molecule has 116 valence electrons. The fraction of sp³-hybridized carbons (Fsp3) is 0.0714. The second-order valence-corrected chi connectivity index (χ2v) is 5.98. The molecule has 7 nitrogen and oxygen atoms in total. The molecule has 8 heteroatoms. The summed E-state index contributed by atoms with van der Waals surface area (Å²) >= 11 is 0. The van der Waals surface area contributed by atoms with Crippen LogP contribution in [-0.2, 0) is 10.0 Å². The Bertz CT molecular complexity index is 799. The van der Waals surface area contributed by atoms with Gasteiger partial charge >= 0.3 is 5.97 Å². The molecule has 2 rings (SSSR count). The molecule has 0 unspecified atom stereocenters. The highest BCUT2D eigenvalue weighted by Gasteiger charge is 2.15. The second-order valence-electron chi connectivity index (χ2n) is 4.30. The summed E-state index contributed by atoms with van der Waals surface area (Å²) in [6, 6.07) is 8.87. The molecule has 0 aliphatic heterocycles. The van der Waals surface area contributed by atoms with Crippen LogP contribution in [0.2, 0.25) is 0 Å². The molecular formula is C14H12NO6S-. The molecule has 0 bridgehead atoms. The minimum Gasteiger partial charge on any atom is -0.872 e. The summed E-state index contributed by atoms with van der Waals surface area (Å²) in [7, 11) is -2.42. The Kier molecular flexibility index (Phi) is 4.22. The van der Waals surface area contributed by atoms with Crippen molar-refractivity contribution in [2.75, 3.05) is 11.8 Å². The number of rotatable bonds is 5. The number of carboxylic acid groups (broad SMARTS) is 1. The van der Waals surface area contributed by atoms with Crippen molar-refractivity contribution in [3.05, 3.63) is 48.0 Å². The van der Waals surface area contributed by atoms with E-state index in [9.17, 15) is 18.3 Å². The van der Waals surface area contributed by atoms with Crippen LogP contribution >= 0.6 is 0 Å². The molecule has 22 heavy (non-hydrogen) atoms. The van der Waals surface area contributed by atoms with Gasteiger partial charge in [-0.1, -0.05) is 5.75 Å². The highest BCUT2D eigenvalue weighted by molar-refractivity contribution is 7.92. The Morgan fingerprint density at radius 1 is 1.18 bits per heavy atom. The molecule has 0 fully saturated rings. The van der Waals surface area contributed by atoms with E-state index in [-0.39, 0.29) is 10.6 Å². The van der Waals surface area contributed by atoms with Crippen LogP contribution in [0.25, 0.3) is 0 Å². The summed E-state index contributed by atoms with van der Waals surface area (Å²) in [6.07, 6.45) is 0. The third-order valence-electron chi connectivity index (χ3n) is 2.83. The van der Waals surface area contributed by atoms with E-state index in [4.69, 9.17) is 9.84 Å². The number of sulfonamides is 1.